The number of ether oxygens (including phenoxy) is 1. The van der Waals surface area contributed by atoms with Crippen molar-refractivity contribution in [2.75, 3.05) is 6.61 Å². The molecule has 0 atom stereocenters. The van der Waals surface area contributed by atoms with E-state index in [1.54, 1.807) is 6.92 Å². The lowest BCUT2D eigenvalue weighted by atomic mass is 10.1. The molecule has 1 aromatic carbocycles. The Morgan fingerprint density at radius 1 is 1.39 bits per heavy atom. The normalized spacial score (nSPS) is 10.4. The summed E-state index contributed by atoms with van der Waals surface area (Å²) >= 11 is 5.83. The summed E-state index contributed by atoms with van der Waals surface area (Å²) in [5, 5.41) is 3.76. The molecule has 18 heavy (non-hydrogen) atoms. The first kappa shape index (κ1) is 12.6. The molecule has 4 nitrogen and oxygen atoms in total. The minimum absolute atomic E-state index is 0.0518. The number of carbonyl (C=O) groups is 1. The van der Waals surface area contributed by atoms with Crippen molar-refractivity contribution in [1.29, 1.82) is 0 Å². The van der Waals surface area contributed by atoms with Gasteiger partial charge in [0.15, 0.2) is 0 Å². The smallest absolute Gasteiger partial charge is 0.345 e. The van der Waals surface area contributed by atoms with Crippen LogP contribution in [0.4, 0.5) is 0 Å². The summed E-state index contributed by atoms with van der Waals surface area (Å²) < 4.78 is 9.79. The van der Waals surface area contributed by atoms with Crippen LogP contribution in [0.3, 0.4) is 0 Å². The van der Waals surface area contributed by atoms with Crippen molar-refractivity contribution >= 4 is 17.6 Å². The summed E-state index contributed by atoms with van der Waals surface area (Å²) in [7, 11) is 0. The monoisotopic (exact) mass is 265 g/mol. The fourth-order valence-electron chi connectivity index (χ4n) is 1.56. The van der Waals surface area contributed by atoms with E-state index in [-0.39, 0.29) is 17.4 Å². The van der Waals surface area contributed by atoms with E-state index in [9.17, 15) is 4.79 Å². The molecule has 2 rings (SSSR count). The van der Waals surface area contributed by atoms with Crippen molar-refractivity contribution in [3.05, 3.63) is 40.6 Å². The highest BCUT2D eigenvalue weighted by atomic mass is 35.5. The van der Waals surface area contributed by atoms with E-state index in [0.717, 1.165) is 11.1 Å². The Hall–Kier alpha value is -1.81. The lowest BCUT2D eigenvalue weighted by Crippen LogP contribution is -2.05. The van der Waals surface area contributed by atoms with Crippen LogP contribution in [0, 0.1) is 6.92 Å². The fraction of sp³-hybridized carbons (Fsp3) is 0.231. The second-order valence-electron chi connectivity index (χ2n) is 3.77. The lowest BCUT2D eigenvalue weighted by Gasteiger charge is -2.02. The van der Waals surface area contributed by atoms with Crippen molar-refractivity contribution < 1.29 is 14.1 Å². The van der Waals surface area contributed by atoms with Gasteiger partial charge in [0, 0.05) is 5.56 Å². The average molecular weight is 266 g/mol. The molecule has 0 unspecified atom stereocenters. The van der Waals surface area contributed by atoms with Gasteiger partial charge in [0.2, 0.25) is 5.22 Å². The summed E-state index contributed by atoms with van der Waals surface area (Å²) in [6.45, 7) is 3.98. The van der Waals surface area contributed by atoms with Gasteiger partial charge in [-0.05, 0) is 25.4 Å². The Morgan fingerprint density at radius 3 is 2.67 bits per heavy atom. The number of hydrogen-bond acceptors (Lipinski definition) is 4. The van der Waals surface area contributed by atoms with Gasteiger partial charge in [-0.3, -0.25) is 0 Å². The van der Waals surface area contributed by atoms with Gasteiger partial charge >= 0.3 is 5.97 Å². The minimum Gasteiger partial charge on any atom is -0.462 e. The fourth-order valence-corrected chi connectivity index (χ4v) is 1.76. The molecule has 1 aromatic heterocycles. The van der Waals surface area contributed by atoms with E-state index in [2.05, 4.69) is 5.16 Å². The van der Waals surface area contributed by atoms with Crippen LogP contribution in [0.25, 0.3) is 11.3 Å². The highest BCUT2D eigenvalue weighted by Gasteiger charge is 2.23. The lowest BCUT2D eigenvalue weighted by molar-refractivity contribution is 0.0526. The molecule has 1 heterocycles. The number of aromatic nitrogens is 1. The molecule has 0 saturated heterocycles. The van der Waals surface area contributed by atoms with Crippen LogP contribution in [-0.4, -0.2) is 17.7 Å². The van der Waals surface area contributed by atoms with Gasteiger partial charge in [-0.2, -0.15) is 0 Å². The Balaban J connectivity index is 2.45. The quantitative estimate of drug-likeness (QED) is 0.797. The molecule has 0 spiro atoms. The Morgan fingerprint density at radius 2 is 2.06 bits per heavy atom. The summed E-state index contributed by atoms with van der Waals surface area (Å²) in [5.41, 5.74) is 2.45. The van der Waals surface area contributed by atoms with Crippen molar-refractivity contribution in [1.82, 2.24) is 5.16 Å². The maximum absolute atomic E-state index is 11.8. The molecule has 0 N–H and O–H groups in total. The van der Waals surface area contributed by atoms with E-state index in [1.165, 1.54) is 0 Å². The van der Waals surface area contributed by atoms with Crippen LogP contribution in [0.5, 0.6) is 0 Å². The minimum atomic E-state index is -0.528. The molecule has 0 fully saturated rings. The standard InChI is InChI=1S/C13H12ClNO3/c1-3-17-13(16)10-11(15-18-12(10)14)9-6-4-8(2)5-7-9/h4-7H,3H2,1-2H3. The number of carbonyl (C=O) groups excluding carboxylic acids is 1. The first-order chi connectivity index (χ1) is 8.63. The van der Waals surface area contributed by atoms with Gasteiger partial charge in [0.25, 0.3) is 0 Å². The van der Waals surface area contributed by atoms with Crippen LogP contribution in [0.2, 0.25) is 5.22 Å². The average Bonchev–Trinajstić information content (AvgIpc) is 2.72. The van der Waals surface area contributed by atoms with Gasteiger partial charge in [-0.1, -0.05) is 35.0 Å². The maximum Gasteiger partial charge on any atom is 0.345 e. The third-order valence-corrected chi connectivity index (χ3v) is 2.71. The largest absolute Gasteiger partial charge is 0.462 e. The Kier molecular flexibility index (Phi) is 3.67. The van der Waals surface area contributed by atoms with Crippen molar-refractivity contribution in [2.45, 2.75) is 13.8 Å². The molecular formula is C13H12ClNO3. The first-order valence-corrected chi connectivity index (χ1v) is 5.90. The molecule has 0 aliphatic carbocycles. The Bertz CT molecular complexity index is 560. The second kappa shape index (κ2) is 5.23. The molecule has 94 valence electrons. The molecule has 0 aliphatic heterocycles. The predicted molar refractivity (Wildman–Crippen MR) is 67.6 cm³/mol. The van der Waals surface area contributed by atoms with E-state index in [1.807, 2.05) is 31.2 Å². The summed E-state index contributed by atoms with van der Waals surface area (Å²) in [4.78, 5) is 11.8. The van der Waals surface area contributed by atoms with Gasteiger partial charge < -0.3 is 9.26 Å². The second-order valence-corrected chi connectivity index (χ2v) is 4.11. The zero-order valence-electron chi connectivity index (χ0n) is 10.1. The number of rotatable bonds is 3. The van der Waals surface area contributed by atoms with Crippen molar-refractivity contribution in [2.24, 2.45) is 0 Å². The number of aryl methyl sites for hydroxylation is 1. The molecule has 0 aliphatic rings. The van der Waals surface area contributed by atoms with Crippen LogP contribution in [0.1, 0.15) is 22.8 Å². The van der Waals surface area contributed by atoms with Crippen LogP contribution in [-0.2, 0) is 4.74 Å². The summed E-state index contributed by atoms with van der Waals surface area (Å²) in [6.07, 6.45) is 0. The highest BCUT2D eigenvalue weighted by molar-refractivity contribution is 6.32. The highest BCUT2D eigenvalue weighted by Crippen LogP contribution is 2.29. The predicted octanol–water partition coefficient (Wildman–Crippen LogP) is 3.48. The molecule has 2 aromatic rings. The number of benzene rings is 1. The Labute approximate surface area is 109 Å². The molecule has 0 saturated carbocycles. The molecule has 5 heteroatoms. The molecular weight excluding hydrogens is 254 g/mol. The van der Waals surface area contributed by atoms with E-state index >= 15 is 0 Å². The number of halogens is 1. The number of hydrogen-bond donors (Lipinski definition) is 0. The van der Waals surface area contributed by atoms with Gasteiger partial charge in [-0.25, -0.2) is 4.79 Å². The van der Waals surface area contributed by atoms with E-state index in [4.69, 9.17) is 20.9 Å². The summed E-state index contributed by atoms with van der Waals surface area (Å²) in [6, 6.07) is 7.55. The SMILES string of the molecule is CCOC(=O)c1c(-c2ccc(C)cc2)noc1Cl. The van der Waals surface area contributed by atoms with E-state index < -0.39 is 5.97 Å². The van der Waals surface area contributed by atoms with Crippen LogP contribution >= 0.6 is 11.6 Å². The number of esters is 1. The third-order valence-electron chi connectivity index (χ3n) is 2.45. The molecule has 0 radical (unpaired) electrons. The van der Waals surface area contributed by atoms with Gasteiger partial charge in [-0.15, -0.1) is 0 Å². The summed E-state index contributed by atoms with van der Waals surface area (Å²) in [5.74, 6) is -0.528. The van der Waals surface area contributed by atoms with Gasteiger partial charge in [0.05, 0.1) is 6.61 Å². The van der Waals surface area contributed by atoms with Crippen molar-refractivity contribution in [3.63, 3.8) is 0 Å². The first-order valence-electron chi connectivity index (χ1n) is 5.52. The zero-order valence-corrected chi connectivity index (χ0v) is 10.8. The topological polar surface area (TPSA) is 52.3 Å². The van der Waals surface area contributed by atoms with Crippen molar-refractivity contribution in [3.8, 4) is 11.3 Å². The van der Waals surface area contributed by atoms with Gasteiger partial charge in [0.1, 0.15) is 11.3 Å². The maximum atomic E-state index is 11.8. The number of nitrogens with zero attached hydrogens (tertiary/aromatic N) is 1. The molecule has 0 bridgehead atoms. The van der Waals surface area contributed by atoms with Crippen LogP contribution in [0.15, 0.2) is 28.8 Å². The third kappa shape index (κ3) is 2.38. The van der Waals surface area contributed by atoms with Crippen LogP contribution < -0.4 is 0 Å². The molecule has 0 amide bonds. The zero-order chi connectivity index (χ0) is 13.1. The van der Waals surface area contributed by atoms with E-state index in [0.29, 0.717) is 5.69 Å².